The molecule has 1 saturated carbocycles. The fourth-order valence-corrected chi connectivity index (χ4v) is 3.25. The summed E-state index contributed by atoms with van der Waals surface area (Å²) in [6.45, 7) is 3.45. The zero-order chi connectivity index (χ0) is 15.3. The molecule has 1 aromatic rings. The summed E-state index contributed by atoms with van der Waals surface area (Å²) in [5.41, 5.74) is 6.37. The highest BCUT2D eigenvalue weighted by Crippen LogP contribution is 2.37. The summed E-state index contributed by atoms with van der Waals surface area (Å²) < 4.78 is 13.3. The van der Waals surface area contributed by atoms with E-state index in [1.54, 1.807) is 6.07 Å². The van der Waals surface area contributed by atoms with Crippen LogP contribution in [0.3, 0.4) is 0 Å². The zero-order valence-corrected chi connectivity index (χ0v) is 12.8. The van der Waals surface area contributed by atoms with Crippen LogP contribution in [0.5, 0.6) is 0 Å². The Bertz CT molecular complexity index is 483. The van der Waals surface area contributed by atoms with Gasteiger partial charge in [0.05, 0.1) is 5.41 Å². The van der Waals surface area contributed by atoms with E-state index in [9.17, 15) is 9.18 Å². The number of nitrogens with zero attached hydrogens (tertiary/aromatic N) is 1. The number of carbonyl (C=O) groups is 1. The molecule has 0 radical (unpaired) electrons. The van der Waals surface area contributed by atoms with Crippen molar-refractivity contribution < 1.29 is 9.18 Å². The molecule has 0 bridgehead atoms. The van der Waals surface area contributed by atoms with Crippen LogP contribution in [0.4, 0.5) is 4.39 Å². The Labute approximate surface area is 126 Å². The average Bonchev–Trinajstić information content (AvgIpc) is 2.52. The van der Waals surface area contributed by atoms with Crippen molar-refractivity contribution in [2.75, 3.05) is 13.1 Å². The number of amides is 1. The molecule has 1 aromatic carbocycles. The van der Waals surface area contributed by atoms with Gasteiger partial charge in [0, 0.05) is 19.6 Å². The van der Waals surface area contributed by atoms with Gasteiger partial charge in [-0.3, -0.25) is 4.79 Å². The third-order valence-corrected chi connectivity index (χ3v) is 4.59. The van der Waals surface area contributed by atoms with Crippen molar-refractivity contribution >= 4 is 5.91 Å². The second kappa shape index (κ2) is 7.03. The number of hydrogen-bond donors (Lipinski definition) is 1. The van der Waals surface area contributed by atoms with E-state index in [4.69, 9.17) is 5.73 Å². The van der Waals surface area contributed by atoms with Crippen LogP contribution < -0.4 is 5.73 Å². The number of carbonyl (C=O) groups excluding carboxylic acids is 1. The predicted molar refractivity (Wildman–Crippen MR) is 82.1 cm³/mol. The zero-order valence-electron chi connectivity index (χ0n) is 12.8. The summed E-state index contributed by atoms with van der Waals surface area (Å²) in [4.78, 5) is 14.7. The molecule has 2 N–H and O–H groups in total. The molecule has 0 unspecified atom stereocenters. The maximum atomic E-state index is 13.3. The van der Waals surface area contributed by atoms with Crippen LogP contribution in [0.25, 0.3) is 0 Å². The maximum Gasteiger partial charge on any atom is 0.230 e. The Morgan fingerprint density at radius 1 is 1.33 bits per heavy atom. The van der Waals surface area contributed by atoms with Gasteiger partial charge in [-0.05, 0) is 37.5 Å². The van der Waals surface area contributed by atoms with Gasteiger partial charge in [0.2, 0.25) is 5.91 Å². The van der Waals surface area contributed by atoms with Crippen molar-refractivity contribution in [2.45, 2.75) is 45.6 Å². The van der Waals surface area contributed by atoms with E-state index in [2.05, 4.69) is 0 Å². The summed E-state index contributed by atoms with van der Waals surface area (Å²) >= 11 is 0. The fraction of sp³-hybridized carbons (Fsp3) is 0.588. The Morgan fingerprint density at radius 3 is 2.62 bits per heavy atom. The number of hydrogen-bond acceptors (Lipinski definition) is 2. The van der Waals surface area contributed by atoms with Crippen molar-refractivity contribution in [3.8, 4) is 0 Å². The minimum absolute atomic E-state index is 0.136. The molecule has 1 aliphatic carbocycles. The van der Waals surface area contributed by atoms with Crippen LogP contribution in [0.1, 0.15) is 44.6 Å². The van der Waals surface area contributed by atoms with Crippen molar-refractivity contribution in [2.24, 2.45) is 11.1 Å². The first-order valence-corrected chi connectivity index (χ1v) is 7.85. The van der Waals surface area contributed by atoms with E-state index < -0.39 is 5.41 Å². The Balaban J connectivity index is 2.14. The Morgan fingerprint density at radius 2 is 2.05 bits per heavy atom. The van der Waals surface area contributed by atoms with Crippen molar-refractivity contribution in [3.63, 3.8) is 0 Å². The van der Waals surface area contributed by atoms with Gasteiger partial charge in [-0.2, -0.15) is 0 Å². The molecule has 116 valence electrons. The van der Waals surface area contributed by atoms with Crippen LogP contribution in [0, 0.1) is 11.2 Å². The van der Waals surface area contributed by atoms with E-state index >= 15 is 0 Å². The van der Waals surface area contributed by atoms with Gasteiger partial charge in [-0.1, -0.05) is 31.4 Å². The molecule has 3 nitrogen and oxygen atoms in total. The largest absolute Gasteiger partial charge is 0.338 e. The molecule has 2 rings (SSSR count). The molecule has 0 saturated heterocycles. The molecule has 1 amide bonds. The highest BCUT2D eigenvalue weighted by Gasteiger charge is 2.40. The molecular weight excluding hydrogens is 267 g/mol. The van der Waals surface area contributed by atoms with Crippen LogP contribution in [0.15, 0.2) is 24.3 Å². The highest BCUT2D eigenvalue weighted by atomic mass is 19.1. The minimum atomic E-state index is -0.401. The lowest BCUT2D eigenvalue weighted by atomic mass is 9.73. The van der Waals surface area contributed by atoms with Crippen LogP contribution >= 0.6 is 0 Å². The van der Waals surface area contributed by atoms with Crippen molar-refractivity contribution in [1.82, 2.24) is 4.90 Å². The monoisotopic (exact) mass is 292 g/mol. The fourth-order valence-electron chi connectivity index (χ4n) is 3.25. The molecule has 0 spiro atoms. The number of nitrogens with two attached hydrogens (primary N) is 1. The molecule has 0 aromatic heterocycles. The normalized spacial score (nSPS) is 17.5. The molecule has 0 aliphatic heterocycles. The minimum Gasteiger partial charge on any atom is -0.338 e. The summed E-state index contributed by atoms with van der Waals surface area (Å²) in [5.74, 6) is -0.126. The predicted octanol–water partition coefficient (Wildman–Crippen LogP) is 3.08. The first-order chi connectivity index (χ1) is 10.1. The van der Waals surface area contributed by atoms with Crippen LogP contribution in [-0.2, 0) is 11.3 Å². The van der Waals surface area contributed by atoms with Crippen molar-refractivity contribution in [3.05, 3.63) is 35.6 Å². The molecule has 0 heterocycles. The summed E-state index contributed by atoms with van der Waals surface area (Å²) in [6, 6.07) is 6.45. The molecule has 0 atom stereocenters. The average molecular weight is 292 g/mol. The lowest BCUT2D eigenvalue weighted by Crippen LogP contribution is -2.48. The van der Waals surface area contributed by atoms with E-state index in [-0.39, 0.29) is 11.7 Å². The molecule has 1 fully saturated rings. The summed E-state index contributed by atoms with van der Waals surface area (Å²) in [7, 11) is 0. The van der Waals surface area contributed by atoms with E-state index in [1.807, 2.05) is 17.9 Å². The lowest BCUT2D eigenvalue weighted by Gasteiger charge is -2.38. The van der Waals surface area contributed by atoms with Crippen LogP contribution in [-0.4, -0.2) is 23.9 Å². The van der Waals surface area contributed by atoms with Crippen molar-refractivity contribution in [1.29, 1.82) is 0 Å². The van der Waals surface area contributed by atoms with Gasteiger partial charge < -0.3 is 10.6 Å². The van der Waals surface area contributed by atoms with E-state index in [0.29, 0.717) is 19.6 Å². The van der Waals surface area contributed by atoms with E-state index in [1.165, 1.54) is 18.6 Å². The SMILES string of the molecule is CCN(Cc1cccc(F)c1)C(=O)C1(CN)CCCCC1. The molecule has 21 heavy (non-hydrogen) atoms. The number of benzene rings is 1. The lowest BCUT2D eigenvalue weighted by molar-refractivity contribution is -0.144. The van der Waals surface area contributed by atoms with Gasteiger partial charge in [-0.15, -0.1) is 0 Å². The first-order valence-electron chi connectivity index (χ1n) is 7.85. The quantitative estimate of drug-likeness (QED) is 0.906. The van der Waals surface area contributed by atoms with Gasteiger partial charge in [0.15, 0.2) is 0 Å². The number of halogens is 1. The molecular formula is C17H25FN2O. The van der Waals surface area contributed by atoms with Gasteiger partial charge in [-0.25, -0.2) is 4.39 Å². The van der Waals surface area contributed by atoms with Crippen LogP contribution in [0.2, 0.25) is 0 Å². The summed E-state index contributed by atoms with van der Waals surface area (Å²) in [6.07, 6.45) is 5.08. The van der Waals surface area contributed by atoms with Gasteiger partial charge in [0.25, 0.3) is 0 Å². The van der Waals surface area contributed by atoms with E-state index in [0.717, 1.165) is 31.2 Å². The van der Waals surface area contributed by atoms with Gasteiger partial charge >= 0.3 is 0 Å². The Kier molecular flexibility index (Phi) is 5.34. The maximum absolute atomic E-state index is 13.3. The standard InChI is InChI=1S/C17H25FN2O/c1-2-20(12-14-7-6-8-15(18)11-14)16(21)17(13-19)9-4-3-5-10-17/h6-8,11H,2-5,9-10,12-13,19H2,1H3. The highest BCUT2D eigenvalue weighted by molar-refractivity contribution is 5.83. The second-order valence-electron chi connectivity index (χ2n) is 5.99. The summed E-state index contributed by atoms with van der Waals surface area (Å²) in [5, 5.41) is 0. The first kappa shape index (κ1) is 16.0. The van der Waals surface area contributed by atoms with Gasteiger partial charge in [0.1, 0.15) is 5.82 Å². The third kappa shape index (κ3) is 3.62. The topological polar surface area (TPSA) is 46.3 Å². The Hall–Kier alpha value is -1.42. The number of rotatable bonds is 5. The third-order valence-electron chi connectivity index (χ3n) is 4.59. The molecule has 1 aliphatic rings. The molecule has 4 heteroatoms. The second-order valence-corrected chi connectivity index (χ2v) is 5.99. The smallest absolute Gasteiger partial charge is 0.230 e.